The van der Waals surface area contributed by atoms with E-state index in [-0.39, 0.29) is 0 Å². The predicted molar refractivity (Wildman–Crippen MR) is 82.7 cm³/mol. The van der Waals surface area contributed by atoms with Crippen LogP contribution in [0.3, 0.4) is 0 Å². The van der Waals surface area contributed by atoms with E-state index in [2.05, 4.69) is 58.4 Å². The molecule has 0 aliphatic heterocycles. The van der Waals surface area contributed by atoms with E-state index in [9.17, 15) is 0 Å². The Hall–Kier alpha value is -1.32. The fourth-order valence-electron chi connectivity index (χ4n) is 2.17. The summed E-state index contributed by atoms with van der Waals surface area (Å²) in [5.74, 6) is 0. The summed E-state index contributed by atoms with van der Waals surface area (Å²) < 4.78 is 0. The second-order valence-electron chi connectivity index (χ2n) is 5.31. The first kappa shape index (κ1) is 12.7. The maximum absolute atomic E-state index is 3.55. The predicted octanol–water partition coefficient (Wildman–Crippen LogP) is 3.64. The van der Waals surface area contributed by atoms with Crippen LogP contribution in [0.4, 0.5) is 5.69 Å². The molecule has 1 aromatic carbocycles. The van der Waals surface area contributed by atoms with Gasteiger partial charge in [-0.25, -0.2) is 0 Å². The highest BCUT2D eigenvalue weighted by atomic mass is 32.1. The van der Waals surface area contributed by atoms with E-state index in [1.165, 1.54) is 29.7 Å². The van der Waals surface area contributed by atoms with Crippen LogP contribution in [0.15, 0.2) is 41.1 Å². The second-order valence-corrected chi connectivity index (χ2v) is 6.09. The molecule has 0 bridgehead atoms. The van der Waals surface area contributed by atoms with Gasteiger partial charge in [0.2, 0.25) is 0 Å². The van der Waals surface area contributed by atoms with Gasteiger partial charge in [0.05, 0.1) is 0 Å². The minimum atomic E-state index is 0.779. The van der Waals surface area contributed by atoms with Crippen LogP contribution in [-0.2, 0) is 13.1 Å². The van der Waals surface area contributed by atoms with Crippen LogP contribution in [0.25, 0.3) is 0 Å². The molecule has 19 heavy (non-hydrogen) atoms. The minimum absolute atomic E-state index is 0.779. The third kappa shape index (κ3) is 3.58. The largest absolute Gasteiger partial charge is 0.370 e. The summed E-state index contributed by atoms with van der Waals surface area (Å²) in [5, 5.41) is 7.89. The SMILES string of the molecule is CN(Cc1ccsc1)c1ccc(CNC2CC2)cc1. The Kier molecular flexibility index (Phi) is 3.85. The average Bonchev–Trinajstić information content (AvgIpc) is 3.13. The summed E-state index contributed by atoms with van der Waals surface area (Å²) in [5.41, 5.74) is 4.04. The van der Waals surface area contributed by atoms with Gasteiger partial charge >= 0.3 is 0 Å². The molecular weight excluding hydrogens is 252 g/mol. The molecule has 1 heterocycles. The maximum Gasteiger partial charge on any atom is 0.0434 e. The number of thiophene rings is 1. The second kappa shape index (κ2) is 5.76. The third-order valence-electron chi connectivity index (χ3n) is 3.55. The Bertz CT molecular complexity index is 500. The van der Waals surface area contributed by atoms with E-state index < -0.39 is 0 Å². The summed E-state index contributed by atoms with van der Waals surface area (Å²) >= 11 is 1.76. The smallest absolute Gasteiger partial charge is 0.0434 e. The Morgan fingerprint density at radius 3 is 2.58 bits per heavy atom. The lowest BCUT2D eigenvalue weighted by molar-refractivity contribution is 0.688. The number of benzene rings is 1. The van der Waals surface area contributed by atoms with Crippen molar-refractivity contribution in [2.45, 2.75) is 32.0 Å². The molecule has 0 radical (unpaired) electrons. The van der Waals surface area contributed by atoms with Crippen molar-refractivity contribution in [2.24, 2.45) is 0 Å². The molecule has 1 N–H and O–H groups in total. The van der Waals surface area contributed by atoms with Crippen LogP contribution in [-0.4, -0.2) is 13.1 Å². The van der Waals surface area contributed by atoms with E-state index in [1.54, 1.807) is 11.3 Å². The highest BCUT2D eigenvalue weighted by Crippen LogP contribution is 2.20. The minimum Gasteiger partial charge on any atom is -0.370 e. The number of nitrogens with one attached hydrogen (secondary N) is 1. The zero-order valence-electron chi connectivity index (χ0n) is 11.3. The van der Waals surface area contributed by atoms with Crippen LogP contribution in [0, 0.1) is 0 Å². The molecule has 0 spiro atoms. The fourth-order valence-corrected chi connectivity index (χ4v) is 2.83. The average molecular weight is 272 g/mol. The zero-order chi connectivity index (χ0) is 13.1. The molecule has 1 aliphatic carbocycles. The van der Waals surface area contributed by atoms with Gasteiger partial charge < -0.3 is 10.2 Å². The molecule has 3 rings (SSSR count). The highest BCUT2D eigenvalue weighted by Gasteiger charge is 2.19. The fraction of sp³-hybridized carbons (Fsp3) is 0.375. The van der Waals surface area contributed by atoms with Crippen LogP contribution < -0.4 is 10.2 Å². The third-order valence-corrected chi connectivity index (χ3v) is 4.28. The zero-order valence-corrected chi connectivity index (χ0v) is 12.1. The topological polar surface area (TPSA) is 15.3 Å². The number of hydrogen-bond acceptors (Lipinski definition) is 3. The number of hydrogen-bond donors (Lipinski definition) is 1. The first-order chi connectivity index (χ1) is 9.31. The number of nitrogens with zero attached hydrogens (tertiary/aromatic N) is 1. The van der Waals surface area contributed by atoms with Gasteiger partial charge in [-0.15, -0.1) is 0 Å². The standard InChI is InChI=1S/C16H20N2S/c1-18(11-14-8-9-19-12-14)16-6-2-13(3-7-16)10-17-15-4-5-15/h2-3,6-9,12,15,17H,4-5,10-11H2,1H3. The summed E-state index contributed by atoms with van der Waals surface area (Å²) in [7, 11) is 2.15. The van der Waals surface area contributed by atoms with Crippen LogP contribution in [0.2, 0.25) is 0 Å². The Labute approximate surface area is 119 Å². The normalized spacial score (nSPS) is 14.6. The van der Waals surface area contributed by atoms with Crippen molar-refractivity contribution in [3.05, 3.63) is 52.2 Å². The van der Waals surface area contributed by atoms with Crippen LogP contribution >= 0.6 is 11.3 Å². The van der Waals surface area contributed by atoms with Crippen molar-refractivity contribution in [2.75, 3.05) is 11.9 Å². The van der Waals surface area contributed by atoms with Crippen molar-refractivity contribution in [1.29, 1.82) is 0 Å². The lowest BCUT2D eigenvalue weighted by Gasteiger charge is -2.19. The highest BCUT2D eigenvalue weighted by molar-refractivity contribution is 7.07. The molecule has 1 aliphatic rings. The Morgan fingerprint density at radius 1 is 1.16 bits per heavy atom. The maximum atomic E-state index is 3.55. The number of anilines is 1. The van der Waals surface area contributed by atoms with Gasteiger partial charge in [-0.2, -0.15) is 11.3 Å². The first-order valence-corrected chi connectivity index (χ1v) is 7.80. The van der Waals surface area contributed by atoms with E-state index in [0.717, 1.165) is 19.1 Å². The van der Waals surface area contributed by atoms with Crippen molar-refractivity contribution >= 4 is 17.0 Å². The summed E-state index contributed by atoms with van der Waals surface area (Å²) in [6.07, 6.45) is 2.70. The molecule has 0 unspecified atom stereocenters. The van der Waals surface area contributed by atoms with Gasteiger partial charge in [0.25, 0.3) is 0 Å². The van der Waals surface area contributed by atoms with E-state index in [1.807, 2.05) is 0 Å². The van der Waals surface area contributed by atoms with Gasteiger partial charge in [-0.3, -0.25) is 0 Å². The van der Waals surface area contributed by atoms with Gasteiger partial charge in [0.1, 0.15) is 0 Å². The van der Waals surface area contributed by atoms with Crippen molar-refractivity contribution in [1.82, 2.24) is 5.32 Å². The van der Waals surface area contributed by atoms with E-state index in [0.29, 0.717) is 0 Å². The van der Waals surface area contributed by atoms with Gasteiger partial charge in [-0.05, 0) is 52.9 Å². The van der Waals surface area contributed by atoms with E-state index >= 15 is 0 Å². The molecule has 1 saturated carbocycles. The monoisotopic (exact) mass is 272 g/mol. The summed E-state index contributed by atoms with van der Waals surface area (Å²) in [6, 6.07) is 11.9. The lowest BCUT2D eigenvalue weighted by Crippen LogP contribution is -2.17. The molecule has 1 fully saturated rings. The Morgan fingerprint density at radius 2 is 1.95 bits per heavy atom. The van der Waals surface area contributed by atoms with Crippen molar-refractivity contribution in [3.8, 4) is 0 Å². The van der Waals surface area contributed by atoms with Gasteiger partial charge in [-0.1, -0.05) is 12.1 Å². The molecule has 1 aromatic heterocycles. The van der Waals surface area contributed by atoms with E-state index in [4.69, 9.17) is 0 Å². The van der Waals surface area contributed by atoms with Crippen molar-refractivity contribution < 1.29 is 0 Å². The molecule has 0 amide bonds. The molecule has 100 valence electrons. The molecule has 0 saturated heterocycles. The van der Waals surface area contributed by atoms with Crippen LogP contribution in [0.1, 0.15) is 24.0 Å². The first-order valence-electron chi connectivity index (χ1n) is 6.86. The van der Waals surface area contributed by atoms with Gasteiger partial charge in [0.15, 0.2) is 0 Å². The van der Waals surface area contributed by atoms with Crippen LogP contribution in [0.5, 0.6) is 0 Å². The number of rotatable bonds is 6. The Balaban J connectivity index is 1.57. The van der Waals surface area contributed by atoms with Crippen molar-refractivity contribution in [3.63, 3.8) is 0 Å². The lowest BCUT2D eigenvalue weighted by atomic mass is 10.2. The molecular formula is C16H20N2S. The molecule has 2 aromatic rings. The molecule has 2 nitrogen and oxygen atoms in total. The summed E-state index contributed by atoms with van der Waals surface area (Å²) in [6.45, 7) is 1.97. The molecule has 3 heteroatoms. The quantitative estimate of drug-likeness (QED) is 0.863. The van der Waals surface area contributed by atoms with Gasteiger partial charge in [0, 0.05) is 31.9 Å². The molecule has 0 atom stereocenters. The summed E-state index contributed by atoms with van der Waals surface area (Å²) in [4.78, 5) is 2.29.